The molecule has 19 heteroatoms. The van der Waals surface area contributed by atoms with Gasteiger partial charge in [0.05, 0.1) is 21.8 Å². The van der Waals surface area contributed by atoms with Crippen molar-refractivity contribution in [2.24, 2.45) is 0 Å². The molecule has 0 aliphatic rings. The second kappa shape index (κ2) is 12.8. The van der Waals surface area contributed by atoms with Crippen LogP contribution in [-0.4, -0.2) is 77.4 Å². The van der Waals surface area contributed by atoms with Gasteiger partial charge in [0.2, 0.25) is 11.5 Å². The third kappa shape index (κ3) is 8.25. The molecule has 0 aromatic heterocycles. The Morgan fingerprint density at radius 3 is 1.15 bits per heavy atom. The molecule has 2 aromatic carbocycles. The molecule has 0 fully saturated rings. The van der Waals surface area contributed by atoms with E-state index < -0.39 is 66.0 Å². The summed E-state index contributed by atoms with van der Waals surface area (Å²) in [7, 11) is 0. The molecule has 0 unspecified atom stereocenters. The number of benzene rings is 2. The molecule has 18 nitrogen and oxygen atoms in total. The zero-order valence-electron chi connectivity index (χ0n) is 15.7. The standard InChI is InChI=1S/2C7H4N2O7.Sr/c2*10-7(11)4-2-1-3-5(8(12)13)6(4)16-9(14)15;/h2*1-3H,(H,10,11);/q;;+2/p-2. The van der Waals surface area contributed by atoms with E-state index in [0.717, 1.165) is 36.4 Å². The predicted octanol–water partition coefficient (Wildman–Crippen LogP) is -1.32. The van der Waals surface area contributed by atoms with E-state index in [4.69, 9.17) is 0 Å². The van der Waals surface area contributed by atoms with Crippen LogP contribution in [0, 0.1) is 40.5 Å². The van der Waals surface area contributed by atoms with Crippen LogP contribution in [0.5, 0.6) is 11.5 Å². The summed E-state index contributed by atoms with van der Waals surface area (Å²) in [6.45, 7) is 0. The number of carboxylic acids is 2. The Bertz CT molecular complexity index is 969. The monoisotopic (exact) mass is 542 g/mol. The zero-order chi connectivity index (χ0) is 24.6. The van der Waals surface area contributed by atoms with Crippen molar-refractivity contribution in [3.05, 3.63) is 88.0 Å². The Kier molecular flexibility index (Phi) is 11.3. The van der Waals surface area contributed by atoms with Gasteiger partial charge in [0, 0.05) is 23.3 Å². The minimum atomic E-state index is -1.81. The maximum atomic E-state index is 10.5. The molecule has 0 spiro atoms. The first kappa shape index (κ1) is 29.1. The topological polar surface area (TPSA) is 271 Å². The molecule has 0 radical (unpaired) electrons. The average Bonchev–Trinajstić information content (AvgIpc) is 2.67. The minimum Gasteiger partial charge on any atom is -0.545 e. The number of nitrogens with zero attached hydrogens (tertiary/aromatic N) is 4. The summed E-state index contributed by atoms with van der Waals surface area (Å²) in [5.41, 5.74) is -3.16. The number of hydrogen-bond acceptors (Lipinski definition) is 14. The fourth-order valence-electron chi connectivity index (χ4n) is 2.00. The molecule has 2 rings (SSSR count). The van der Waals surface area contributed by atoms with Crippen molar-refractivity contribution in [3.8, 4) is 11.5 Å². The van der Waals surface area contributed by atoms with Crippen molar-refractivity contribution in [2.75, 3.05) is 0 Å². The summed E-state index contributed by atoms with van der Waals surface area (Å²) in [6, 6.07) is 5.67. The molecule has 0 heterocycles. The fraction of sp³-hybridized carbons (Fsp3) is 0. The second-order valence-electron chi connectivity index (χ2n) is 5.03. The van der Waals surface area contributed by atoms with Gasteiger partial charge in [-0.25, -0.2) is 0 Å². The van der Waals surface area contributed by atoms with Crippen LogP contribution >= 0.6 is 0 Å². The summed E-state index contributed by atoms with van der Waals surface area (Å²) >= 11 is 0. The maximum absolute atomic E-state index is 10.5. The second-order valence-corrected chi connectivity index (χ2v) is 5.03. The molecule has 0 saturated carbocycles. The van der Waals surface area contributed by atoms with Crippen molar-refractivity contribution in [1.82, 2.24) is 0 Å². The summed E-state index contributed by atoms with van der Waals surface area (Å²) in [4.78, 5) is 67.9. The van der Waals surface area contributed by atoms with Crippen molar-refractivity contribution >= 4 is 68.8 Å². The van der Waals surface area contributed by atoms with Gasteiger partial charge < -0.3 is 19.8 Å². The van der Waals surface area contributed by atoms with Gasteiger partial charge in [0.25, 0.3) is 21.5 Å². The molecule has 0 aliphatic heterocycles. The molecule has 0 amide bonds. The normalized spacial score (nSPS) is 9.21. The predicted molar refractivity (Wildman–Crippen MR) is 95.9 cm³/mol. The van der Waals surface area contributed by atoms with Gasteiger partial charge in [0.15, 0.2) is 0 Å². The van der Waals surface area contributed by atoms with Crippen molar-refractivity contribution < 1.29 is 49.5 Å². The number of para-hydroxylation sites is 2. The van der Waals surface area contributed by atoms with Gasteiger partial charge in [-0.3, -0.25) is 29.9 Å². The van der Waals surface area contributed by atoms with E-state index in [1.54, 1.807) is 0 Å². The van der Waals surface area contributed by atoms with E-state index in [1.165, 1.54) is 0 Å². The number of rotatable bonds is 8. The van der Waals surface area contributed by atoms with Crippen LogP contribution in [0.3, 0.4) is 0 Å². The first-order chi connectivity index (χ1) is 14.9. The Balaban J connectivity index is 0.000000602. The quantitative estimate of drug-likeness (QED) is 0.213. The van der Waals surface area contributed by atoms with Crippen LogP contribution in [0.25, 0.3) is 0 Å². The summed E-state index contributed by atoms with van der Waals surface area (Å²) < 4.78 is 0. The van der Waals surface area contributed by atoms with Crippen LogP contribution in [0.4, 0.5) is 11.4 Å². The summed E-state index contributed by atoms with van der Waals surface area (Å²) in [6.07, 6.45) is 0. The zero-order valence-corrected chi connectivity index (χ0v) is 19.2. The van der Waals surface area contributed by atoms with Crippen molar-refractivity contribution in [3.63, 3.8) is 0 Å². The van der Waals surface area contributed by atoms with Crippen LogP contribution in [-0.2, 0) is 0 Å². The van der Waals surface area contributed by atoms with Gasteiger partial charge in [-0.1, -0.05) is 24.3 Å². The molecule has 0 aliphatic carbocycles. The first-order valence-electron chi connectivity index (χ1n) is 7.49. The van der Waals surface area contributed by atoms with Gasteiger partial charge in [-0.05, 0) is 0 Å². The smallest absolute Gasteiger partial charge is 0.545 e. The molecular formula is C14H6N4O14Sr. The summed E-state index contributed by atoms with van der Waals surface area (Å²) in [5.74, 6) is -5.53. The molecule has 168 valence electrons. The molecule has 33 heavy (non-hydrogen) atoms. The fourth-order valence-corrected chi connectivity index (χ4v) is 2.00. The Hall–Kier alpha value is -3.94. The first-order valence-corrected chi connectivity index (χ1v) is 7.49. The number of nitro benzene ring substituents is 2. The SMILES string of the molecule is O=C([O-])c1cccc([N+](=O)[O-])c1O[N+](=O)[O-].O=C([O-])c1cccc([N+](=O)[O-])c1O[N+](=O)[O-].[Sr+2]. The van der Waals surface area contributed by atoms with E-state index in [9.17, 15) is 60.3 Å². The number of carbonyl (C=O) groups is 2. The summed E-state index contributed by atoms with van der Waals surface area (Å²) in [5, 5.41) is 59.5. The number of hydrogen-bond donors (Lipinski definition) is 0. The third-order valence-electron chi connectivity index (χ3n) is 3.15. The molecular weight excluding hydrogens is 536 g/mol. The average molecular weight is 542 g/mol. The van der Waals surface area contributed by atoms with Crippen LogP contribution in [0.15, 0.2) is 36.4 Å². The van der Waals surface area contributed by atoms with Gasteiger partial charge >= 0.3 is 45.5 Å². The maximum Gasteiger partial charge on any atom is 2.00 e. The van der Waals surface area contributed by atoms with E-state index in [1.807, 2.05) is 0 Å². The van der Waals surface area contributed by atoms with E-state index in [2.05, 4.69) is 9.68 Å². The van der Waals surface area contributed by atoms with Crippen LogP contribution in [0.2, 0.25) is 0 Å². The van der Waals surface area contributed by atoms with Gasteiger partial charge in [0.1, 0.15) is 0 Å². The molecule has 0 saturated heterocycles. The van der Waals surface area contributed by atoms with Crippen LogP contribution in [0.1, 0.15) is 20.7 Å². The number of aromatic carboxylic acids is 2. The number of carbonyl (C=O) groups excluding carboxylic acids is 2. The van der Waals surface area contributed by atoms with E-state index in [0.29, 0.717) is 0 Å². The van der Waals surface area contributed by atoms with Crippen molar-refractivity contribution in [1.29, 1.82) is 0 Å². The Morgan fingerprint density at radius 2 is 0.939 bits per heavy atom. The number of nitro groups is 2. The Morgan fingerprint density at radius 1 is 0.636 bits per heavy atom. The molecule has 0 bridgehead atoms. The van der Waals surface area contributed by atoms with E-state index in [-0.39, 0.29) is 45.5 Å². The van der Waals surface area contributed by atoms with Gasteiger partial charge in [-0.2, -0.15) is 0 Å². The van der Waals surface area contributed by atoms with Crippen LogP contribution < -0.4 is 19.9 Å². The molecule has 2 aromatic rings. The Labute approximate surface area is 216 Å². The van der Waals surface area contributed by atoms with Gasteiger partial charge in [-0.15, -0.1) is 20.2 Å². The molecule has 0 atom stereocenters. The minimum absolute atomic E-state index is 0. The van der Waals surface area contributed by atoms with E-state index >= 15 is 0 Å². The largest absolute Gasteiger partial charge is 2.00 e. The molecule has 0 N–H and O–H groups in total. The number of carboxylic acid groups (broad SMARTS) is 2. The third-order valence-corrected chi connectivity index (χ3v) is 3.15. The van der Waals surface area contributed by atoms with Crippen molar-refractivity contribution in [2.45, 2.75) is 0 Å².